The molecule has 1 aromatic heterocycles. The van der Waals surface area contributed by atoms with Crippen molar-refractivity contribution >= 4 is 12.0 Å². The molecule has 0 unspecified atom stereocenters. The van der Waals surface area contributed by atoms with E-state index in [1.54, 1.807) is 0 Å². The second-order valence-corrected chi connectivity index (χ2v) is 2.66. The molecule has 1 heterocycles. The SMILES string of the molecule is CNc1cc(C=O)c(C)nc1C. The highest BCUT2D eigenvalue weighted by molar-refractivity contribution is 5.78. The molecular formula is C9H12N2O. The molecule has 0 saturated heterocycles. The Morgan fingerprint density at radius 1 is 1.42 bits per heavy atom. The average Bonchev–Trinajstić information content (AvgIpc) is 2.05. The lowest BCUT2D eigenvalue weighted by Crippen LogP contribution is -1.99. The first-order chi connectivity index (χ1) is 5.69. The first-order valence-corrected chi connectivity index (χ1v) is 3.80. The molecule has 1 aromatic rings. The van der Waals surface area contributed by atoms with Crippen LogP contribution in [-0.2, 0) is 0 Å². The van der Waals surface area contributed by atoms with Gasteiger partial charge in [-0.2, -0.15) is 0 Å². The summed E-state index contributed by atoms with van der Waals surface area (Å²) in [5, 5.41) is 2.98. The fourth-order valence-electron chi connectivity index (χ4n) is 1.11. The van der Waals surface area contributed by atoms with E-state index in [2.05, 4.69) is 10.3 Å². The smallest absolute Gasteiger partial charge is 0.151 e. The van der Waals surface area contributed by atoms with E-state index in [-0.39, 0.29) is 0 Å². The first kappa shape index (κ1) is 8.71. The normalized spacial score (nSPS) is 9.58. The highest BCUT2D eigenvalue weighted by atomic mass is 16.1. The van der Waals surface area contributed by atoms with Crippen molar-refractivity contribution in [3.05, 3.63) is 23.0 Å². The first-order valence-electron chi connectivity index (χ1n) is 3.80. The number of hydrogen-bond donors (Lipinski definition) is 1. The van der Waals surface area contributed by atoms with E-state index in [1.807, 2.05) is 27.0 Å². The summed E-state index contributed by atoms with van der Waals surface area (Å²) in [7, 11) is 1.81. The number of hydrogen-bond acceptors (Lipinski definition) is 3. The van der Waals surface area contributed by atoms with Crippen molar-refractivity contribution in [2.75, 3.05) is 12.4 Å². The second kappa shape index (κ2) is 3.34. The molecule has 0 bridgehead atoms. The van der Waals surface area contributed by atoms with E-state index >= 15 is 0 Å². The molecular weight excluding hydrogens is 152 g/mol. The van der Waals surface area contributed by atoms with Crippen LogP contribution < -0.4 is 5.32 Å². The quantitative estimate of drug-likeness (QED) is 0.674. The fraction of sp³-hybridized carbons (Fsp3) is 0.333. The monoisotopic (exact) mass is 164 g/mol. The van der Waals surface area contributed by atoms with Gasteiger partial charge in [0.05, 0.1) is 11.4 Å². The topological polar surface area (TPSA) is 42.0 Å². The summed E-state index contributed by atoms with van der Waals surface area (Å²) in [4.78, 5) is 14.8. The third-order valence-corrected chi connectivity index (χ3v) is 1.84. The van der Waals surface area contributed by atoms with Crippen molar-refractivity contribution in [2.45, 2.75) is 13.8 Å². The Hall–Kier alpha value is -1.38. The molecule has 0 aromatic carbocycles. The molecule has 0 atom stereocenters. The lowest BCUT2D eigenvalue weighted by molar-refractivity contribution is 0.112. The highest BCUT2D eigenvalue weighted by Crippen LogP contribution is 2.14. The lowest BCUT2D eigenvalue weighted by atomic mass is 10.2. The molecule has 3 heteroatoms. The number of anilines is 1. The zero-order valence-corrected chi connectivity index (χ0v) is 7.51. The number of aromatic nitrogens is 1. The summed E-state index contributed by atoms with van der Waals surface area (Å²) in [6, 6.07) is 1.81. The number of rotatable bonds is 2. The third-order valence-electron chi connectivity index (χ3n) is 1.84. The second-order valence-electron chi connectivity index (χ2n) is 2.66. The molecule has 0 spiro atoms. The maximum absolute atomic E-state index is 10.5. The molecule has 0 saturated carbocycles. The number of carbonyl (C=O) groups excluding carboxylic acids is 1. The average molecular weight is 164 g/mol. The fourth-order valence-corrected chi connectivity index (χ4v) is 1.11. The standard InChI is InChI=1S/C9H12N2O/c1-6-8(5-12)4-9(10-3)7(2)11-6/h4-5,10H,1-3H3. The summed E-state index contributed by atoms with van der Waals surface area (Å²) in [6.07, 6.45) is 0.822. The largest absolute Gasteiger partial charge is 0.387 e. The van der Waals surface area contributed by atoms with Crippen molar-refractivity contribution in [1.29, 1.82) is 0 Å². The molecule has 1 rings (SSSR count). The van der Waals surface area contributed by atoms with E-state index < -0.39 is 0 Å². The van der Waals surface area contributed by atoms with Gasteiger partial charge in [0, 0.05) is 18.3 Å². The van der Waals surface area contributed by atoms with Crippen LogP contribution in [0.1, 0.15) is 21.7 Å². The molecule has 0 aliphatic heterocycles. The van der Waals surface area contributed by atoms with Crippen molar-refractivity contribution in [2.24, 2.45) is 0 Å². The van der Waals surface area contributed by atoms with Gasteiger partial charge in [-0.15, -0.1) is 0 Å². The van der Waals surface area contributed by atoms with Gasteiger partial charge in [-0.3, -0.25) is 9.78 Å². The van der Waals surface area contributed by atoms with Crippen LogP contribution in [0.2, 0.25) is 0 Å². The minimum absolute atomic E-state index is 0.643. The van der Waals surface area contributed by atoms with Gasteiger partial charge in [0.2, 0.25) is 0 Å². The van der Waals surface area contributed by atoms with Gasteiger partial charge >= 0.3 is 0 Å². The number of carbonyl (C=O) groups is 1. The van der Waals surface area contributed by atoms with E-state index in [1.165, 1.54) is 0 Å². The van der Waals surface area contributed by atoms with Crippen LogP contribution in [0.3, 0.4) is 0 Å². The van der Waals surface area contributed by atoms with Crippen molar-refractivity contribution < 1.29 is 4.79 Å². The number of pyridine rings is 1. The van der Waals surface area contributed by atoms with E-state index in [0.717, 1.165) is 23.4 Å². The molecule has 0 aliphatic carbocycles. The predicted molar refractivity (Wildman–Crippen MR) is 48.6 cm³/mol. The number of aryl methyl sites for hydroxylation is 2. The van der Waals surface area contributed by atoms with Crippen LogP contribution in [0, 0.1) is 13.8 Å². The van der Waals surface area contributed by atoms with Gasteiger partial charge in [0.1, 0.15) is 0 Å². The molecule has 0 fully saturated rings. The van der Waals surface area contributed by atoms with E-state index in [9.17, 15) is 4.79 Å². The van der Waals surface area contributed by atoms with Crippen LogP contribution in [0.15, 0.2) is 6.07 Å². The summed E-state index contributed by atoms with van der Waals surface area (Å²) in [5.74, 6) is 0. The van der Waals surface area contributed by atoms with Crippen molar-refractivity contribution in [3.63, 3.8) is 0 Å². The van der Waals surface area contributed by atoms with Crippen LogP contribution in [0.5, 0.6) is 0 Å². The van der Waals surface area contributed by atoms with Gasteiger partial charge in [-0.25, -0.2) is 0 Å². The summed E-state index contributed by atoms with van der Waals surface area (Å²) >= 11 is 0. The molecule has 12 heavy (non-hydrogen) atoms. The Morgan fingerprint density at radius 3 is 2.58 bits per heavy atom. The maximum Gasteiger partial charge on any atom is 0.151 e. The Kier molecular flexibility index (Phi) is 2.43. The number of aldehydes is 1. The zero-order chi connectivity index (χ0) is 9.14. The van der Waals surface area contributed by atoms with Crippen LogP contribution in [0.25, 0.3) is 0 Å². The van der Waals surface area contributed by atoms with Gasteiger partial charge in [-0.1, -0.05) is 0 Å². The van der Waals surface area contributed by atoms with Crippen LogP contribution in [-0.4, -0.2) is 18.3 Å². The van der Waals surface area contributed by atoms with Crippen LogP contribution in [0.4, 0.5) is 5.69 Å². The Labute approximate surface area is 71.8 Å². The van der Waals surface area contributed by atoms with Crippen LogP contribution >= 0.6 is 0 Å². The van der Waals surface area contributed by atoms with Crippen molar-refractivity contribution in [1.82, 2.24) is 4.98 Å². The third kappa shape index (κ3) is 1.44. The summed E-state index contributed by atoms with van der Waals surface area (Å²) < 4.78 is 0. The number of nitrogens with one attached hydrogen (secondary N) is 1. The molecule has 0 aliphatic rings. The Bertz CT molecular complexity index is 308. The molecule has 64 valence electrons. The Balaban J connectivity index is 3.26. The maximum atomic E-state index is 10.5. The minimum atomic E-state index is 0.643. The van der Waals surface area contributed by atoms with Gasteiger partial charge in [-0.05, 0) is 19.9 Å². The van der Waals surface area contributed by atoms with Gasteiger partial charge in [0.25, 0.3) is 0 Å². The zero-order valence-electron chi connectivity index (χ0n) is 7.51. The molecule has 3 nitrogen and oxygen atoms in total. The molecule has 1 N–H and O–H groups in total. The summed E-state index contributed by atoms with van der Waals surface area (Å²) in [5.41, 5.74) is 3.25. The molecule has 0 amide bonds. The van der Waals surface area contributed by atoms with Gasteiger partial charge in [0.15, 0.2) is 6.29 Å². The van der Waals surface area contributed by atoms with E-state index in [0.29, 0.717) is 5.56 Å². The summed E-state index contributed by atoms with van der Waals surface area (Å²) in [6.45, 7) is 3.74. The Morgan fingerprint density at radius 2 is 2.08 bits per heavy atom. The number of nitrogens with zero attached hydrogens (tertiary/aromatic N) is 1. The predicted octanol–water partition coefficient (Wildman–Crippen LogP) is 1.55. The van der Waals surface area contributed by atoms with E-state index in [4.69, 9.17) is 0 Å². The molecule has 0 radical (unpaired) electrons. The van der Waals surface area contributed by atoms with Gasteiger partial charge < -0.3 is 5.32 Å². The highest BCUT2D eigenvalue weighted by Gasteiger charge is 2.02. The lowest BCUT2D eigenvalue weighted by Gasteiger charge is -2.06. The minimum Gasteiger partial charge on any atom is -0.387 e. The van der Waals surface area contributed by atoms with Crippen molar-refractivity contribution in [3.8, 4) is 0 Å².